The number of aromatic amines is 1. The van der Waals surface area contributed by atoms with Crippen LogP contribution >= 0.6 is 0 Å². The molecule has 0 saturated carbocycles. The lowest BCUT2D eigenvalue weighted by Crippen LogP contribution is -1.72. The second-order valence-corrected chi connectivity index (χ2v) is 3.53. The highest BCUT2D eigenvalue weighted by atomic mass is 19.1. The molecule has 0 radical (unpaired) electrons. The molecule has 3 rings (SSSR count). The first-order chi connectivity index (χ1) is 7.74. The molecule has 1 aromatic carbocycles. The maximum atomic E-state index is 12.7. The Kier molecular flexibility index (Phi) is 1.77. The summed E-state index contributed by atoms with van der Waals surface area (Å²) in [6.45, 7) is 0. The van der Waals surface area contributed by atoms with E-state index in [9.17, 15) is 9.50 Å². The number of aromatic nitrogens is 1. The van der Waals surface area contributed by atoms with E-state index in [1.165, 1.54) is 12.1 Å². The molecular weight excluding hydrogens is 209 g/mol. The third-order valence-corrected chi connectivity index (χ3v) is 2.47. The Hall–Kier alpha value is -2.23. The monoisotopic (exact) mass is 217 g/mol. The minimum absolute atomic E-state index is 0.163. The first-order valence-corrected chi connectivity index (χ1v) is 4.80. The maximum Gasteiger partial charge on any atom is 0.278 e. The summed E-state index contributed by atoms with van der Waals surface area (Å²) in [6, 6.07) is 9.15. The number of para-hydroxylation sites is 1. The van der Waals surface area contributed by atoms with Gasteiger partial charge in [0.2, 0.25) is 0 Å². The molecule has 3 nitrogen and oxygen atoms in total. The molecule has 0 saturated heterocycles. The van der Waals surface area contributed by atoms with Crippen LogP contribution in [0.3, 0.4) is 0 Å². The van der Waals surface area contributed by atoms with Crippen LogP contribution < -0.4 is 0 Å². The molecule has 0 aliphatic carbocycles. The smallest absolute Gasteiger partial charge is 0.278 e. The number of H-pyrrole nitrogens is 1. The third-order valence-electron chi connectivity index (χ3n) is 2.47. The molecule has 2 aromatic heterocycles. The van der Waals surface area contributed by atoms with Gasteiger partial charge >= 0.3 is 0 Å². The summed E-state index contributed by atoms with van der Waals surface area (Å²) < 4.78 is 17.6. The zero-order chi connectivity index (χ0) is 11.1. The van der Waals surface area contributed by atoms with E-state index in [1.54, 1.807) is 18.2 Å². The SMILES string of the molecule is Oc1cccc2cc(-c3ccc(F)o3)[nH]c12. The van der Waals surface area contributed by atoms with Gasteiger partial charge in [0.25, 0.3) is 6.01 Å². The summed E-state index contributed by atoms with van der Waals surface area (Å²) in [5.74, 6) is 0.573. The van der Waals surface area contributed by atoms with Crippen LogP contribution in [0.25, 0.3) is 22.4 Å². The van der Waals surface area contributed by atoms with Crippen LogP contribution in [0.4, 0.5) is 4.39 Å². The lowest BCUT2D eigenvalue weighted by molar-refractivity contribution is 0.366. The largest absolute Gasteiger partial charge is 0.506 e. The highest BCUT2D eigenvalue weighted by Gasteiger charge is 2.09. The van der Waals surface area contributed by atoms with Gasteiger partial charge in [0.05, 0.1) is 11.2 Å². The average molecular weight is 217 g/mol. The Balaban J connectivity index is 2.22. The van der Waals surface area contributed by atoms with E-state index >= 15 is 0 Å². The van der Waals surface area contributed by atoms with Crippen molar-refractivity contribution >= 4 is 10.9 Å². The molecule has 0 bridgehead atoms. The molecule has 2 N–H and O–H groups in total. The number of halogens is 1. The van der Waals surface area contributed by atoms with E-state index in [4.69, 9.17) is 4.42 Å². The van der Waals surface area contributed by atoms with Crippen LogP contribution in [0.1, 0.15) is 0 Å². The van der Waals surface area contributed by atoms with E-state index in [0.717, 1.165) is 5.39 Å². The summed E-state index contributed by atoms with van der Waals surface area (Å²) in [5, 5.41) is 10.5. The Bertz CT molecular complexity index is 654. The Morgan fingerprint density at radius 3 is 2.75 bits per heavy atom. The predicted octanol–water partition coefficient (Wildman–Crippen LogP) is 3.27. The number of rotatable bonds is 1. The van der Waals surface area contributed by atoms with Crippen molar-refractivity contribution in [3.8, 4) is 17.2 Å². The van der Waals surface area contributed by atoms with Crippen molar-refractivity contribution < 1.29 is 13.9 Å². The normalized spacial score (nSPS) is 11.1. The van der Waals surface area contributed by atoms with Gasteiger partial charge in [-0.2, -0.15) is 4.39 Å². The molecule has 0 atom stereocenters. The number of nitrogens with one attached hydrogen (secondary N) is 1. The van der Waals surface area contributed by atoms with Crippen LogP contribution in [0, 0.1) is 6.01 Å². The molecule has 4 heteroatoms. The number of phenolic OH excluding ortho intramolecular Hbond substituents is 1. The van der Waals surface area contributed by atoms with Crippen molar-refractivity contribution in [3.63, 3.8) is 0 Å². The Labute approximate surface area is 90.1 Å². The third kappa shape index (κ3) is 1.27. The number of benzene rings is 1. The lowest BCUT2D eigenvalue weighted by Gasteiger charge is -1.92. The molecule has 16 heavy (non-hydrogen) atoms. The van der Waals surface area contributed by atoms with Gasteiger partial charge in [-0.3, -0.25) is 0 Å². The van der Waals surface area contributed by atoms with Gasteiger partial charge in [0.15, 0.2) is 5.76 Å². The van der Waals surface area contributed by atoms with Gasteiger partial charge in [-0.15, -0.1) is 0 Å². The van der Waals surface area contributed by atoms with Crippen molar-refractivity contribution in [2.24, 2.45) is 0 Å². The van der Waals surface area contributed by atoms with Gasteiger partial charge in [-0.1, -0.05) is 12.1 Å². The van der Waals surface area contributed by atoms with E-state index < -0.39 is 6.01 Å². The van der Waals surface area contributed by atoms with E-state index in [1.807, 2.05) is 6.07 Å². The van der Waals surface area contributed by atoms with E-state index in [-0.39, 0.29) is 5.75 Å². The summed E-state index contributed by atoms with van der Waals surface area (Å²) in [6.07, 6.45) is 0. The predicted molar refractivity (Wildman–Crippen MR) is 57.6 cm³/mol. The molecule has 2 heterocycles. The fourth-order valence-corrected chi connectivity index (χ4v) is 1.73. The summed E-state index contributed by atoms with van der Waals surface area (Å²) >= 11 is 0. The fourth-order valence-electron chi connectivity index (χ4n) is 1.73. The van der Waals surface area contributed by atoms with E-state index in [2.05, 4.69) is 4.98 Å². The standard InChI is InChI=1S/C12H8FNO2/c13-11-5-4-10(16-11)8-6-7-2-1-3-9(15)12(7)14-8/h1-6,14-15H. The zero-order valence-electron chi connectivity index (χ0n) is 8.20. The molecule has 80 valence electrons. The topological polar surface area (TPSA) is 49.2 Å². The number of fused-ring (bicyclic) bond motifs is 1. The highest BCUT2D eigenvalue weighted by Crippen LogP contribution is 2.29. The molecule has 0 aliphatic heterocycles. The second kappa shape index (κ2) is 3.13. The number of hydrogen-bond acceptors (Lipinski definition) is 2. The van der Waals surface area contributed by atoms with Crippen molar-refractivity contribution in [2.45, 2.75) is 0 Å². The van der Waals surface area contributed by atoms with Crippen molar-refractivity contribution in [1.29, 1.82) is 0 Å². The van der Waals surface area contributed by atoms with Crippen molar-refractivity contribution in [1.82, 2.24) is 4.98 Å². The number of aromatic hydroxyl groups is 1. The molecule has 3 aromatic rings. The first kappa shape index (κ1) is 9.03. The molecule has 0 amide bonds. The van der Waals surface area contributed by atoms with Crippen LogP contribution in [-0.2, 0) is 0 Å². The Morgan fingerprint density at radius 2 is 2.06 bits per heavy atom. The van der Waals surface area contributed by atoms with Gasteiger partial charge in [0, 0.05) is 11.5 Å². The first-order valence-electron chi connectivity index (χ1n) is 4.80. The van der Waals surface area contributed by atoms with Crippen molar-refractivity contribution in [3.05, 3.63) is 42.4 Å². The molecule has 0 unspecified atom stereocenters. The van der Waals surface area contributed by atoms with Gasteiger partial charge in [0.1, 0.15) is 5.75 Å². The fraction of sp³-hybridized carbons (Fsp3) is 0. The van der Waals surface area contributed by atoms with Gasteiger partial charge in [-0.25, -0.2) is 0 Å². The second-order valence-electron chi connectivity index (χ2n) is 3.53. The van der Waals surface area contributed by atoms with Crippen LogP contribution in [0.2, 0.25) is 0 Å². The lowest BCUT2D eigenvalue weighted by atomic mass is 10.2. The number of phenols is 1. The van der Waals surface area contributed by atoms with Crippen LogP contribution in [0.15, 0.2) is 40.8 Å². The Morgan fingerprint density at radius 1 is 1.19 bits per heavy atom. The van der Waals surface area contributed by atoms with Gasteiger partial charge in [-0.05, 0) is 18.2 Å². The van der Waals surface area contributed by atoms with Crippen molar-refractivity contribution in [2.75, 3.05) is 0 Å². The van der Waals surface area contributed by atoms with E-state index in [0.29, 0.717) is 17.0 Å². The number of furan rings is 1. The summed E-state index contributed by atoms with van der Waals surface area (Å²) in [5.41, 5.74) is 1.26. The summed E-state index contributed by atoms with van der Waals surface area (Å²) in [4.78, 5) is 2.98. The maximum absolute atomic E-state index is 12.7. The zero-order valence-corrected chi connectivity index (χ0v) is 8.20. The molecule has 0 aliphatic rings. The average Bonchev–Trinajstić information content (AvgIpc) is 2.84. The van der Waals surface area contributed by atoms with Crippen LogP contribution in [0.5, 0.6) is 5.75 Å². The summed E-state index contributed by atoms with van der Waals surface area (Å²) in [7, 11) is 0. The van der Waals surface area contributed by atoms with Crippen LogP contribution in [-0.4, -0.2) is 10.1 Å². The number of hydrogen-bond donors (Lipinski definition) is 2. The minimum Gasteiger partial charge on any atom is -0.506 e. The minimum atomic E-state index is -0.627. The van der Waals surface area contributed by atoms with Gasteiger partial charge < -0.3 is 14.5 Å². The molecule has 0 spiro atoms. The highest BCUT2D eigenvalue weighted by molar-refractivity contribution is 5.89. The molecular formula is C12H8FNO2. The molecule has 0 fully saturated rings. The quantitative estimate of drug-likeness (QED) is 0.657.